The summed E-state index contributed by atoms with van der Waals surface area (Å²) in [5.74, 6) is 0.366. The van der Waals surface area contributed by atoms with Gasteiger partial charge in [0.15, 0.2) is 0 Å². The summed E-state index contributed by atoms with van der Waals surface area (Å²) in [5, 5.41) is 20.6. The lowest BCUT2D eigenvalue weighted by atomic mass is 10.7. The molecule has 0 aromatic carbocycles. The molecule has 8 heavy (non-hydrogen) atoms. The van der Waals surface area contributed by atoms with E-state index in [0.717, 1.165) is 0 Å². The summed E-state index contributed by atoms with van der Waals surface area (Å²) in [6.45, 7) is 1.59. The van der Waals surface area contributed by atoms with E-state index in [0.29, 0.717) is 5.84 Å². The topological polar surface area (TPSA) is 60.1 Å². The van der Waals surface area contributed by atoms with Crippen LogP contribution in [0.15, 0.2) is 15.5 Å². The van der Waals surface area contributed by atoms with Crippen molar-refractivity contribution < 1.29 is 4.76 Å². The minimum Gasteiger partial charge on any atom is -0.597 e. The standard InChI is InChI=1S/C3H6N4O/c1-3-4-5-6-7(3,2)8/h1-2H3. The zero-order valence-corrected chi connectivity index (χ0v) is 4.70. The quantitative estimate of drug-likeness (QED) is 0.337. The third-order valence-corrected chi connectivity index (χ3v) is 1.00. The monoisotopic (exact) mass is 114 g/mol. The van der Waals surface area contributed by atoms with E-state index in [-0.39, 0.29) is 0 Å². The largest absolute Gasteiger partial charge is 0.597 e. The Kier molecular flexibility index (Phi) is 0.887. The molecule has 0 aliphatic carbocycles. The van der Waals surface area contributed by atoms with Crippen LogP contribution in [0.5, 0.6) is 0 Å². The molecule has 0 bridgehead atoms. The molecule has 5 nitrogen and oxygen atoms in total. The van der Waals surface area contributed by atoms with Crippen molar-refractivity contribution in [3.05, 3.63) is 5.21 Å². The summed E-state index contributed by atoms with van der Waals surface area (Å²) in [6, 6.07) is 0. The molecule has 0 radical (unpaired) electrons. The summed E-state index contributed by atoms with van der Waals surface area (Å²) in [5.41, 5.74) is 0. The molecule has 0 aromatic heterocycles. The van der Waals surface area contributed by atoms with Gasteiger partial charge in [-0.05, 0) is 0 Å². The SMILES string of the molecule is CC1=NN=N[N+]1(C)[O-]. The Morgan fingerprint density at radius 2 is 2.25 bits per heavy atom. The van der Waals surface area contributed by atoms with Crippen LogP contribution in [0.1, 0.15) is 6.92 Å². The van der Waals surface area contributed by atoms with Crippen molar-refractivity contribution >= 4 is 5.84 Å². The van der Waals surface area contributed by atoms with Gasteiger partial charge in [-0.25, -0.2) is 0 Å². The summed E-state index contributed by atoms with van der Waals surface area (Å²) < 4.78 is -0.806. The second-order valence-corrected chi connectivity index (χ2v) is 1.71. The highest BCUT2D eigenvalue weighted by molar-refractivity contribution is 5.72. The second kappa shape index (κ2) is 1.33. The van der Waals surface area contributed by atoms with E-state index >= 15 is 0 Å². The van der Waals surface area contributed by atoms with Gasteiger partial charge in [0.1, 0.15) is 7.05 Å². The van der Waals surface area contributed by atoms with Gasteiger partial charge in [0.25, 0.3) is 0 Å². The van der Waals surface area contributed by atoms with Crippen LogP contribution in [0, 0.1) is 5.21 Å². The van der Waals surface area contributed by atoms with Crippen LogP contribution < -0.4 is 0 Å². The molecule has 1 atom stereocenters. The van der Waals surface area contributed by atoms with Gasteiger partial charge in [0.2, 0.25) is 5.84 Å². The number of nitrogens with zero attached hydrogens (tertiary/aromatic N) is 4. The molecule has 0 N–H and O–H groups in total. The molecule has 0 aromatic rings. The fraction of sp³-hybridized carbons (Fsp3) is 0.667. The number of hydrogen-bond acceptors (Lipinski definition) is 4. The van der Waals surface area contributed by atoms with Gasteiger partial charge in [-0.15, -0.1) is 0 Å². The molecule has 1 unspecified atom stereocenters. The number of rotatable bonds is 0. The van der Waals surface area contributed by atoms with E-state index in [2.05, 4.69) is 15.5 Å². The zero-order chi connectivity index (χ0) is 6.20. The summed E-state index contributed by atoms with van der Waals surface area (Å²) in [7, 11) is 1.37. The van der Waals surface area contributed by atoms with E-state index in [1.807, 2.05) is 0 Å². The van der Waals surface area contributed by atoms with Crippen LogP contribution in [-0.2, 0) is 0 Å². The lowest BCUT2D eigenvalue weighted by Crippen LogP contribution is -2.33. The molecule has 1 heterocycles. The van der Waals surface area contributed by atoms with E-state index in [9.17, 15) is 5.21 Å². The van der Waals surface area contributed by atoms with E-state index in [4.69, 9.17) is 0 Å². The highest BCUT2D eigenvalue weighted by Gasteiger charge is 2.19. The Labute approximate surface area is 46.5 Å². The van der Waals surface area contributed by atoms with Crippen molar-refractivity contribution in [2.45, 2.75) is 6.92 Å². The van der Waals surface area contributed by atoms with Gasteiger partial charge in [-0.1, -0.05) is 5.10 Å². The third-order valence-electron chi connectivity index (χ3n) is 1.00. The van der Waals surface area contributed by atoms with Gasteiger partial charge >= 0.3 is 0 Å². The lowest BCUT2D eigenvalue weighted by Gasteiger charge is -2.22. The minimum atomic E-state index is -0.806. The van der Waals surface area contributed by atoms with E-state index < -0.39 is 4.76 Å². The van der Waals surface area contributed by atoms with Crippen molar-refractivity contribution in [2.24, 2.45) is 15.5 Å². The van der Waals surface area contributed by atoms with Gasteiger partial charge in [0.05, 0.1) is 5.22 Å². The van der Waals surface area contributed by atoms with Crippen LogP contribution in [0.3, 0.4) is 0 Å². The Morgan fingerprint density at radius 3 is 2.38 bits per heavy atom. The lowest BCUT2D eigenvalue weighted by molar-refractivity contribution is -0.775. The predicted molar refractivity (Wildman–Crippen MR) is 27.5 cm³/mol. The highest BCUT2D eigenvalue weighted by atomic mass is 16.6. The first-order valence-electron chi connectivity index (χ1n) is 2.18. The maximum Gasteiger partial charge on any atom is 0.249 e. The van der Waals surface area contributed by atoms with Crippen molar-refractivity contribution in [2.75, 3.05) is 7.05 Å². The molecule has 0 saturated carbocycles. The first kappa shape index (κ1) is 5.33. The van der Waals surface area contributed by atoms with Crippen molar-refractivity contribution in [1.29, 1.82) is 0 Å². The van der Waals surface area contributed by atoms with Crippen LogP contribution in [-0.4, -0.2) is 17.6 Å². The predicted octanol–water partition coefficient (Wildman–Crippen LogP) is 0.645. The van der Waals surface area contributed by atoms with Crippen molar-refractivity contribution in [1.82, 2.24) is 0 Å². The van der Waals surface area contributed by atoms with Gasteiger partial charge in [-0.2, -0.15) is 4.76 Å². The fourth-order valence-corrected chi connectivity index (χ4v) is 0.309. The highest BCUT2D eigenvalue weighted by Crippen LogP contribution is 2.09. The van der Waals surface area contributed by atoms with Gasteiger partial charge in [-0.3, -0.25) is 0 Å². The molecular weight excluding hydrogens is 108 g/mol. The van der Waals surface area contributed by atoms with Crippen LogP contribution in [0.4, 0.5) is 0 Å². The normalized spacial score (nSPS) is 35.6. The molecule has 1 aliphatic rings. The maximum atomic E-state index is 10.8. The average Bonchev–Trinajstić information content (AvgIpc) is 1.86. The van der Waals surface area contributed by atoms with Crippen molar-refractivity contribution in [3.8, 4) is 0 Å². The molecule has 1 aliphatic heterocycles. The van der Waals surface area contributed by atoms with E-state index in [1.165, 1.54) is 7.05 Å². The van der Waals surface area contributed by atoms with Crippen LogP contribution in [0.2, 0.25) is 0 Å². The summed E-state index contributed by atoms with van der Waals surface area (Å²) >= 11 is 0. The van der Waals surface area contributed by atoms with Crippen molar-refractivity contribution in [3.63, 3.8) is 0 Å². The van der Waals surface area contributed by atoms with Gasteiger partial charge in [0, 0.05) is 12.1 Å². The molecule has 44 valence electrons. The van der Waals surface area contributed by atoms with Crippen LogP contribution >= 0.6 is 0 Å². The third kappa shape index (κ3) is 0.613. The average molecular weight is 114 g/mol. The second-order valence-electron chi connectivity index (χ2n) is 1.71. The fourth-order valence-electron chi connectivity index (χ4n) is 0.309. The molecule has 1 rings (SSSR count). The molecule has 0 fully saturated rings. The molecule has 0 spiro atoms. The molecule has 5 heteroatoms. The molecular formula is C3H6N4O. The van der Waals surface area contributed by atoms with E-state index in [1.54, 1.807) is 6.92 Å². The van der Waals surface area contributed by atoms with Crippen LogP contribution in [0.25, 0.3) is 0 Å². The minimum absolute atomic E-state index is 0.366. The zero-order valence-electron chi connectivity index (χ0n) is 4.70. The number of hydrogen-bond donors (Lipinski definition) is 0. The Hall–Kier alpha value is -0.810. The Bertz CT molecular complexity index is 159. The number of hydroxylamine groups is 2. The number of amidine groups is 1. The summed E-state index contributed by atoms with van der Waals surface area (Å²) in [6.07, 6.45) is 0. The Balaban J connectivity index is 2.87. The summed E-state index contributed by atoms with van der Waals surface area (Å²) in [4.78, 5) is 0. The first-order chi connectivity index (χ1) is 3.63. The first-order valence-corrected chi connectivity index (χ1v) is 2.18. The maximum absolute atomic E-state index is 10.8. The molecule has 0 saturated heterocycles. The van der Waals surface area contributed by atoms with Gasteiger partial charge < -0.3 is 5.21 Å². The number of quaternary nitrogens is 1. The smallest absolute Gasteiger partial charge is 0.249 e. The Morgan fingerprint density at radius 1 is 1.62 bits per heavy atom. The molecule has 0 amide bonds.